The van der Waals surface area contributed by atoms with Crippen LogP contribution in [0, 0.1) is 0 Å². The predicted molar refractivity (Wildman–Crippen MR) is 76.1 cm³/mol. The first-order valence-electron chi connectivity index (χ1n) is 7.07. The zero-order valence-corrected chi connectivity index (χ0v) is 12.1. The highest BCUT2D eigenvalue weighted by Gasteiger charge is 2.47. The summed E-state index contributed by atoms with van der Waals surface area (Å²) in [5.41, 5.74) is 1.04. The summed E-state index contributed by atoms with van der Waals surface area (Å²) in [4.78, 5) is 0. The van der Waals surface area contributed by atoms with E-state index in [1.165, 1.54) is 0 Å². The lowest BCUT2D eigenvalue weighted by Gasteiger charge is -2.27. The van der Waals surface area contributed by atoms with E-state index in [1.54, 1.807) is 13.2 Å². The number of hydrogen-bond acceptors (Lipinski definition) is 5. The summed E-state index contributed by atoms with van der Waals surface area (Å²) in [5.74, 6) is 0.814. The Kier molecular flexibility index (Phi) is 4.55. The van der Waals surface area contributed by atoms with Gasteiger partial charge in [-0.05, 0) is 17.7 Å². The monoisotopic (exact) mass is 292 g/mol. The van der Waals surface area contributed by atoms with Gasteiger partial charge in [-0.15, -0.1) is 6.58 Å². The summed E-state index contributed by atoms with van der Waals surface area (Å²) in [6.07, 6.45) is 0.744. The molecule has 4 atom stereocenters. The van der Waals surface area contributed by atoms with Gasteiger partial charge in [0.05, 0.1) is 26.9 Å². The highest BCUT2D eigenvalue weighted by atomic mass is 16.7. The fraction of sp³-hybridized carbons (Fsp3) is 0.500. The second kappa shape index (κ2) is 6.58. The van der Waals surface area contributed by atoms with E-state index in [9.17, 15) is 0 Å². The maximum absolute atomic E-state index is 6.00. The van der Waals surface area contributed by atoms with E-state index >= 15 is 0 Å². The molecule has 2 heterocycles. The Labute approximate surface area is 124 Å². The maximum atomic E-state index is 6.00. The van der Waals surface area contributed by atoms with Gasteiger partial charge in [-0.25, -0.2) is 0 Å². The summed E-state index contributed by atoms with van der Waals surface area (Å²) in [6.45, 7) is 5.37. The van der Waals surface area contributed by atoms with E-state index in [1.807, 2.05) is 24.3 Å². The summed E-state index contributed by atoms with van der Waals surface area (Å²) >= 11 is 0. The molecule has 21 heavy (non-hydrogen) atoms. The van der Waals surface area contributed by atoms with Crippen molar-refractivity contribution in [3.8, 4) is 5.75 Å². The van der Waals surface area contributed by atoms with Gasteiger partial charge in [0.15, 0.2) is 6.29 Å². The summed E-state index contributed by atoms with van der Waals surface area (Å²) < 4.78 is 28.3. The molecule has 5 nitrogen and oxygen atoms in total. The summed E-state index contributed by atoms with van der Waals surface area (Å²) in [6, 6.07) is 7.80. The molecular weight excluding hydrogens is 272 g/mol. The number of rotatable bonds is 5. The lowest BCUT2D eigenvalue weighted by Crippen LogP contribution is -2.42. The standard InChI is InChI=1S/C16H20O5/c1-3-13-14(15-16(21-13)19-8-7-18-15)20-10-11-5-4-6-12(9-11)17-2/h3-6,9,13-16H,1,7-8,10H2,2H3/t13-,14+,15-,16+/m1/s1. The summed E-state index contributed by atoms with van der Waals surface area (Å²) in [5, 5.41) is 0. The predicted octanol–water partition coefficient (Wildman–Crippen LogP) is 1.91. The van der Waals surface area contributed by atoms with Crippen LogP contribution < -0.4 is 4.74 Å². The molecule has 5 heteroatoms. The van der Waals surface area contributed by atoms with E-state index in [0.29, 0.717) is 19.8 Å². The van der Waals surface area contributed by atoms with Crippen molar-refractivity contribution in [2.45, 2.75) is 31.2 Å². The Morgan fingerprint density at radius 2 is 2.19 bits per heavy atom. The van der Waals surface area contributed by atoms with Gasteiger partial charge in [0.2, 0.25) is 0 Å². The molecule has 114 valence electrons. The zero-order chi connectivity index (χ0) is 14.7. The molecule has 1 aromatic rings. The number of methoxy groups -OCH3 is 1. The summed E-state index contributed by atoms with van der Waals surface area (Å²) in [7, 11) is 1.65. The molecule has 0 unspecified atom stereocenters. The molecule has 2 fully saturated rings. The quantitative estimate of drug-likeness (QED) is 0.776. The first kappa shape index (κ1) is 14.5. The van der Waals surface area contributed by atoms with Crippen LogP contribution in [-0.4, -0.2) is 44.9 Å². The number of hydrogen-bond donors (Lipinski definition) is 0. The van der Waals surface area contributed by atoms with E-state index < -0.39 is 0 Å². The van der Waals surface area contributed by atoms with Crippen LogP contribution in [0.4, 0.5) is 0 Å². The average molecular weight is 292 g/mol. The van der Waals surface area contributed by atoms with Crippen LogP contribution in [0.1, 0.15) is 5.56 Å². The number of fused-ring (bicyclic) bond motifs is 1. The molecule has 0 spiro atoms. The average Bonchev–Trinajstić information content (AvgIpc) is 2.91. The molecule has 0 N–H and O–H groups in total. The minimum absolute atomic E-state index is 0.202. The highest BCUT2D eigenvalue weighted by Crippen LogP contribution is 2.31. The third-order valence-corrected chi connectivity index (χ3v) is 3.69. The highest BCUT2D eigenvalue weighted by molar-refractivity contribution is 5.27. The van der Waals surface area contributed by atoms with Gasteiger partial charge < -0.3 is 23.7 Å². The molecule has 0 aliphatic carbocycles. The molecule has 0 amide bonds. The molecule has 0 saturated carbocycles. The van der Waals surface area contributed by atoms with E-state index in [-0.39, 0.29) is 24.6 Å². The van der Waals surface area contributed by atoms with Gasteiger partial charge in [-0.1, -0.05) is 18.2 Å². The van der Waals surface area contributed by atoms with Crippen LogP contribution >= 0.6 is 0 Å². The molecule has 0 bridgehead atoms. The minimum Gasteiger partial charge on any atom is -0.497 e. The second-order valence-corrected chi connectivity index (χ2v) is 5.04. The lowest BCUT2D eigenvalue weighted by molar-refractivity contribution is -0.220. The molecule has 0 radical (unpaired) electrons. The van der Waals surface area contributed by atoms with Crippen LogP contribution in [0.5, 0.6) is 5.75 Å². The first-order valence-corrected chi connectivity index (χ1v) is 7.07. The maximum Gasteiger partial charge on any atom is 0.187 e. The van der Waals surface area contributed by atoms with Crippen molar-refractivity contribution < 1.29 is 23.7 Å². The van der Waals surface area contributed by atoms with Crippen LogP contribution in [0.25, 0.3) is 0 Å². The first-order chi connectivity index (χ1) is 10.3. The normalized spacial score (nSPS) is 31.7. The Morgan fingerprint density at radius 1 is 1.33 bits per heavy atom. The topological polar surface area (TPSA) is 46.2 Å². The Morgan fingerprint density at radius 3 is 3.00 bits per heavy atom. The number of benzene rings is 1. The van der Waals surface area contributed by atoms with Gasteiger partial charge in [0, 0.05) is 0 Å². The van der Waals surface area contributed by atoms with Crippen molar-refractivity contribution in [2.75, 3.05) is 20.3 Å². The lowest BCUT2D eigenvalue weighted by atomic mass is 10.1. The largest absolute Gasteiger partial charge is 0.497 e. The third-order valence-electron chi connectivity index (χ3n) is 3.69. The van der Waals surface area contributed by atoms with Crippen molar-refractivity contribution >= 4 is 0 Å². The molecule has 2 saturated heterocycles. The minimum atomic E-state index is -0.364. The van der Waals surface area contributed by atoms with E-state index in [4.69, 9.17) is 23.7 Å². The SMILES string of the molecule is C=C[C@H]1O[C@@H]2OCCO[C@@H]2[C@H]1OCc1cccc(OC)c1. The van der Waals surface area contributed by atoms with Crippen molar-refractivity contribution in [1.82, 2.24) is 0 Å². The van der Waals surface area contributed by atoms with E-state index in [0.717, 1.165) is 11.3 Å². The molecule has 1 aromatic carbocycles. The van der Waals surface area contributed by atoms with Crippen molar-refractivity contribution in [1.29, 1.82) is 0 Å². The van der Waals surface area contributed by atoms with E-state index in [2.05, 4.69) is 6.58 Å². The molecule has 2 aliphatic heterocycles. The van der Waals surface area contributed by atoms with Crippen LogP contribution in [0.2, 0.25) is 0 Å². The fourth-order valence-electron chi connectivity index (χ4n) is 2.64. The smallest absolute Gasteiger partial charge is 0.187 e. The van der Waals surface area contributed by atoms with Gasteiger partial charge in [-0.2, -0.15) is 0 Å². The van der Waals surface area contributed by atoms with Gasteiger partial charge in [-0.3, -0.25) is 0 Å². The van der Waals surface area contributed by atoms with Crippen molar-refractivity contribution in [3.05, 3.63) is 42.5 Å². The molecule has 2 aliphatic rings. The van der Waals surface area contributed by atoms with Gasteiger partial charge in [0.25, 0.3) is 0 Å². The fourth-order valence-corrected chi connectivity index (χ4v) is 2.64. The third kappa shape index (κ3) is 3.11. The van der Waals surface area contributed by atoms with Crippen LogP contribution in [0.3, 0.4) is 0 Å². The second-order valence-electron chi connectivity index (χ2n) is 5.04. The van der Waals surface area contributed by atoms with Crippen LogP contribution in [-0.2, 0) is 25.6 Å². The molecule has 0 aromatic heterocycles. The van der Waals surface area contributed by atoms with Gasteiger partial charge in [0.1, 0.15) is 24.1 Å². The molecular formula is C16H20O5. The Hall–Kier alpha value is -1.40. The van der Waals surface area contributed by atoms with Crippen molar-refractivity contribution in [2.24, 2.45) is 0 Å². The Balaban J connectivity index is 1.66. The zero-order valence-electron chi connectivity index (χ0n) is 12.1. The Bertz CT molecular complexity index is 489. The number of ether oxygens (including phenoxy) is 5. The van der Waals surface area contributed by atoms with Crippen molar-refractivity contribution in [3.63, 3.8) is 0 Å². The van der Waals surface area contributed by atoms with Gasteiger partial charge >= 0.3 is 0 Å². The molecule has 3 rings (SSSR count). The van der Waals surface area contributed by atoms with Crippen LogP contribution in [0.15, 0.2) is 36.9 Å².